The van der Waals surface area contributed by atoms with E-state index in [0.717, 1.165) is 50.5 Å². The number of fused-ring (bicyclic) bond motifs is 5. The van der Waals surface area contributed by atoms with Crippen LogP contribution < -0.4 is 0 Å². The molecule has 33 heavy (non-hydrogen) atoms. The molecule has 0 amide bonds. The van der Waals surface area contributed by atoms with Crippen molar-refractivity contribution < 1.29 is 24.9 Å². The summed E-state index contributed by atoms with van der Waals surface area (Å²) in [5.74, 6) is 0.123. The zero-order valence-corrected chi connectivity index (χ0v) is 20.4. The second kappa shape index (κ2) is 7.89. The van der Waals surface area contributed by atoms with Crippen LogP contribution in [0.2, 0.25) is 0 Å². The first-order chi connectivity index (χ1) is 15.6. The predicted molar refractivity (Wildman–Crippen MR) is 126 cm³/mol. The van der Waals surface area contributed by atoms with Crippen LogP contribution in [0, 0.1) is 28.6 Å². The second-order valence-corrected chi connectivity index (χ2v) is 12.1. The van der Waals surface area contributed by atoms with Gasteiger partial charge in [0, 0.05) is 35.6 Å². The summed E-state index contributed by atoms with van der Waals surface area (Å²) in [7, 11) is 0. The molecule has 1 aliphatic heterocycles. The summed E-state index contributed by atoms with van der Waals surface area (Å²) in [6, 6.07) is 0.190. The number of carbonyl (C=O) groups is 1. The van der Waals surface area contributed by atoms with E-state index in [-0.39, 0.29) is 35.2 Å². The number of aliphatic imine (C=N–C) groups is 1. The Morgan fingerprint density at radius 2 is 1.91 bits per heavy atom. The van der Waals surface area contributed by atoms with Gasteiger partial charge in [-0.15, -0.1) is 0 Å². The number of aliphatic hydroxyl groups excluding tert-OH is 1. The minimum Gasteiger partial charge on any atom is -0.458 e. The monoisotopic (exact) mass is 459 g/mol. The molecule has 184 valence electrons. The van der Waals surface area contributed by atoms with Crippen LogP contribution in [-0.4, -0.2) is 57.5 Å². The van der Waals surface area contributed by atoms with E-state index in [1.165, 1.54) is 0 Å². The Morgan fingerprint density at radius 1 is 1.15 bits per heavy atom. The van der Waals surface area contributed by atoms with Crippen molar-refractivity contribution in [1.82, 2.24) is 0 Å². The molecule has 4 fully saturated rings. The zero-order chi connectivity index (χ0) is 23.6. The van der Waals surface area contributed by atoms with Crippen molar-refractivity contribution in [3.8, 4) is 0 Å². The normalized spacial score (nSPS) is 50.4. The minimum absolute atomic E-state index is 0.0822. The Morgan fingerprint density at radius 3 is 2.61 bits per heavy atom. The highest BCUT2D eigenvalue weighted by atomic mass is 16.5. The lowest BCUT2D eigenvalue weighted by Gasteiger charge is -2.65. The summed E-state index contributed by atoms with van der Waals surface area (Å²) >= 11 is 0. The van der Waals surface area contributed by atoms with Crippen molar-refractivity contribution in [2.24, 2.45) is 33.6 Å². The fourth-order valence-corrected chi connectivity index (χ4v) is 8.73. The number of ether oxygens (including phenoxy) is 1. The molecule has 4 saturated carbocycles. The Hall–Kier alpha value is -1.24. The van der Waals surface area contributed by atoms with E-state index in [2.05, 4.69) is 27.0 Å². The number of hydrogen-bond donors (Lipinski definition) is 3. The SMILES string of the molecule is CC[C@H](C)N=C[C@]12CC[C@H](O)C[C@@]1(O)CC[C@@H]1[C@@H]2CC[C@]2(C)[C@@H](C3=CC(=O)OC3)CC[C@]12O. The third-order valence-electron chi connectivity index (χ3n) is 10.8. The molecule has 4 aliphatic carbocycles. The molecule has 0 aromatic rings. The molecular formula is C27H41NO5. The van der Waals surface area contributed by atoms with Gasteiger partial charge >= 0.3 is 5.97 Å². The van der Waals surface area contributed by atoms with Crippen molar-refractivity contribution in [3.63, 3.8) is 0 Å². The maximum absolute atomic E-state index is 12.4. The highest BCUT2D eigenvalue weighted by Gasteiger charge is 2.71. The molecule has 1 heterocycles. The second-order valence-electron chi connectivity index (χ2n) is 12.1. The van der Waals surface area contributed by atoms with Crippen LogP contribution in [0.25, 0.3) is 0 Å². The van der Waals surface area contributed by atoms with E-state index in [1.807, 2.05) is 0 Å². The maximum atomic E-state index is 12.4. The third-order valence-corrected chi connectivity index (χ3v) is 10.8. The fraction of sp³-hybridized carbons (Fsp3) is 0.852. The van der Waals surface area contributed by atoms with Crippen molar-refractivity contribution in [1.29, 1.82) is 0 Å². The molecule has 0 spiro atoms. The van der Waals surface area contributed by atoms with Gasteiger partial charge in [0.15, 0.2) is 0 Å². The molecule has 3 N–H and O–H groups in total. The minimum atomic E-state index is -0.973. The van der Waals surface area contributed by atoms with Crippen LogP contribution in [0.15, 0.2) is 16.6 Å². The van der Waals surface area contributed by atoms with Gasteiger partial charge in [-0.2, -0.15) is 0 Å². The molecule has 9 atom stereocenters. The lowest BCUT2D eigenvalue weighted by atomic mass is 9.41. The average Bonchev–Trinajstić information content (AvgIpc) is 3.31. The highest BCUT2D eigenvalue weighted by Crippen LogP contribution is 2.70. The molecule has 6 nitrogen and oxygen atoms in total. The van der Waals surface area contributed by atoms with Crippen molar-refractivity contribution in [2.75, 3.05) is 6.61 Å². The molecule has 5 rings (SSSR count). The van der Waals surface area contributed by atoms with E-state index in [0.29, 0.717) is 25.9 Å². The van der Waals surface area contributed by atoms with Gasteiger partial charge in [-0.05, 0) is 88.0 Å². The van der Waals surface area contributed by atoms with E-state index in [4.69, 9.17) is 9.73 Å². The summed E-state index contributed by atoms with van der Waals surface area (Å²) in [6.45, 7) is 6.80. The molecule has 0 saturated heterocycles. The number of hydrogen-bond acceptors (Lipinski definition) is 6. The third kappa shape index (κ3) is 3.23. The van der Waals surface area contributed by atoms with Crippen molar-refractivity contribution in [2.45, 2.75) is 108 Å². The van der Waals surface area contributed by atoms with Crippen LogP contribution in [-0.2, 0) is 9.53 Å². The fourth-order valence-electron chi connectivity index (χ4n) is 8.73. The van der Waals surface area contributed by atoms with Crippen LogP contribution in [0.1, 0.15) is 85.0 Å². The average molecular weight is 460 g/mol. The van der Waals surface area contributed by atoms with Crippen LogP contribution in [0.4, 0.5) is 0 Å². The first-order valence-corrected chi connectivity index (χ1v) is 13.1. The number of carbonyl (C=O) groups excluding carboxylic acids is 1. The molecule has 0 aromatic carbocycles. The Balaban J connectivity index is 1.53. The van der Waals surface area contributed by atoms with Gasteiger partial charge in [0.1, 0.15) is 6.61 Å². The van der Waals surface area contributed by atoms with Crippen LogP contribution in [0.3, 0.4) is 0 Å². The summed E-state index contributed by atoms with van der Waals surface area (Å²) in [5.41, 5.74) is -1.56. The molecule has 6 heteroatoms. The summed E-state index contributed by atoms with van der Waals surface area (Å²) in [6.07, 6.45) is 10.7. The standard InChI is InChI=1S/C27H41NO5/c1-4-17(2)28-16-25-10-5-19(29)14-26(25,31)11-7-22-21(25)6-9-24(3)20(8-12-27(22,24)32)18-13-23(30)33-15-18/h13,16-17,19-22,29,31-32H,4-12,14-15H2,1-3H3/t17-,19-,20+,21-,22+,24+,25-,26-,27-/m0/s1. The quantitative estimate of drug-likeness (QED) is 0.441. The van der Waals surface area contributed by atoms with E-state index >= 15 is 0 Å². The largest absolute Gasteiger partial charge is 0.458 e. The van der Waals surface area contributed by atoms with Crippen LogP contribution >= 0.6 is 0 Å². The van der Waals surface area contributed by atoms with Gasteiger partial charge in [0.05, 0.1) is 17.3 Å². The number of aliphatic hydroxyl groups is 3. The lowest BCUT2D eigenvalue weighted by Crippen LogP contribution is -2.68. The Bertz CT molecular complexity index is 871. The van der Waals surface area contributed by atoms with Gasteiger partial charge in [0.25, 0.3) is 0 Å². The number of esters is 1. The summed E-state index contributed by atoms with van der Waals surface area (Å²) < 4.78 is 5.23. The van der Waals surface area contributed by atoms with E-state index in [1.54, 1.807) is 6.08 Å². The number of nitrogens with zero attached hydrogens (tertiary/aromatic N) is 1. The molecule has 5 aliphatic rings. The van der Waals surface area contributed by atoms with Gasteiger partial charge in [-0.25, -0.2) is 4.79 Å². The first kappa shape index (κ1) is 23.5. The van der Waals surface area contributed by atoms with Crippen molar-refractivity contribution in [3.05, 3.63) is 11.6 Å². The van der Waals surface area contributed by atoms with Gasteiger partial charge in [-0.1, -0.05) is 13.8 Å². The summed E-state index contributed by atoms with van der Waals surface area (Å²) in [4.78, 5) is 16.7. The predicted octanol–water partition coefficient (Wildman–Crippen LogP) is 3.57. The van der Waals surface area contributed by atoms with Gasteiger partial charge < -0.3 is 20.1 Å². The van der Waals surface area contributed by atoms with E-state index < -0.39 is 22.7 Å². The number of rotatable bonds is 4. The molecular weight excluding hydrogens is 418 g/mol. The topological polar surface area (TPSA) is 99.4 Å². The highest BCUT2D eigenvalue weighted by molar-refractivity contribution is 5.85. The Kier molecular flexibility index (Phi) is 5.62. The van der Waals surface area contributed by atoms with Gasteiger partial charge in [-0.3, -0.25) is 4.99 Å². The smallest absolute Gasteiger partial charge is 0.331 e. The molecule has 0 aromatic heterocycles. The first-order valence-electron chi connectivity index (χ1n) is 13.1. The van der Waals surface area contributed by atoms with E-state index in [9.17, 15) is 20.1 Å². The van der Waals surface area contributed by atoms with Crippen molar-refractivity contribution >= 4 is 12.2 Å². The zero-order valence-electron chi connectivity index (χ0n) is 20.4. The molecule has 0 radical (unpaired) electrons. The maximum Gasteiger partial charge on any atom is 0.331 e. The summed E-state index contributed by atoms with van der Waals surface area (Å²) in [5, 5.41) is 34.8. The lowest BCUT2D eigenvalue weighted by molar-refractivity contribution is -0.237. The molecule has 0 bridgehead atoms. The van der Waals surface area contributed by atoms with Gasteiger partial charge in [0.2, 0.25) is 0 Å². The van der Waals surface area contributed by atoms with Crippen LogP contribution in [0.5, 0.6) is 0 Å². The molecule has 0 unspecified atom stereocenters. The number of cyclic esters (lactones) is 1. The Labute approximate surface area is 197 Å².